The highest BCUT2D eigenvalue weighted by Crippen LogP contribution is 2.16. The first-order valence-electron chi connectivity index (χ1n) is 7.65. The summed E-state index contributed by atoms with van der Waals surface area (Å²) in [5.41, 5.74) is 0.412. The topological polar surface area (TPSA) is 90.3 Å². The van der Waals surface area contributed by atoms with E-state index in [0.717, 1.165) is 6.42 Å². The number of piperidine rings is 1. The molecule has 0 aliphatic carbocycles. The maximum atomic E-state index is 12.4. The summed E-state index contributed by atoms with van der Waals surface area (Å²) in [4.78, 5) is 13.9. The predicted octanol–water partition coefficient (Wildman–Crippen LogP) is 1.48. The van der Waals surface area contributed by atoms with Crippen molar-refractivity contribution < 1.29 is 13.2 Å². The molecule has 0 saturated carbocycles. The van der Waals surface area contributed by atoms with Crippen molar-refractivity contribution in [3.05, 3.63) is 29.8 Å². The van der Waals surface area contributed by atoms with E-state index in [1.165, 1.54) is 24.3 Å². The third-order valence-corrected chi connectivity index (χ3v) is 5.38. The first-order chi connectivity index (χ1) is 10.8. The Hall–Kier alpha value is -1.91. The quantitative estimate of drug-likeness (QED) is 0.902. The van der Waals surface area contributed by atoms with Crippen LogP contribution in [0.2, 0.25) is 0 Å². The van der Waals surface area contributed by atoms with Crippen LogP contribution in [-0.4, -0.2) is 38.4 Å². The van der Waals surface area contributed by atoms with E-state index >= 15 is 0 Å². The second kappa shape index (κ2) is 7.11. The normalized spacial score (nSPS) is 18.7. The van der Waals surface area contributed by atoms with Gasteiger partial charge in [-0.25, -0.2) is 13.1 Å². The van der Waals surface area contributed by atoms with Crippen molar-refractivity contribution in [3.8, 4) is 6.07 Å². The molecule has 1 aromatic carbocycles. The molecule has 0 bridgehead atoms. The zero-order valence-electron chi connectivity index (χ0n) is 13.3. The molecule has 1 saturated heterocycles. The molecule has 6 nitrogen and oxygen atoms in total. The van der Waals surface area contributed by atoms with Crippen molar-refractivity contribution in [1.29, 1.82) is 5.26 Å². The molecule has 1 heterocycles. The Morgan fingerprint density at radius 2 is 2.00 bits per heavy atom. The van der Waals surface area contributed by atoms with E-state index < -0.39 is 10.0 Å². The van der Waals surface area contributed by atoms with Gasteiger partial charge in [0.1, 0.15) is 0 Å². The highest BCUT2D eigenvalue weighted by Gasteiger charge is 2.28. The van der Waals surface area contributed by atoms with Crippen LogP contribution in [-0.2, 0) is 14.8 Å². The molecule has 124 valence electrons. The van der Waals surface area contributed by atoms with Gasteiger partial charge in [0, 0.05) is 25.0 Å². The minimum atomic E-state index is -3.65. The second-order valence-corrected chi connectivity index (χ2v) is 7.75. The van der Waals surface area contributed by atoms with Crippen molar-refractivity contribution in [2.45, 2.75) is 37.6 Å². The largest absolute Gasteiger partial charge is 0.341 e. The number of likely N-dealkylation sites (tertiary alicyclic amines) is 1. The number of amides is 1. The smallest absolute Gasteiger partial charge is 0.240 e. The first kappa shape index (κ1) is 17.4. The van der Waals surface area contributed by atoms with E-state index in [1.807, 2.05) is 19.9 Å². The molecular formula is C16H21N3O3S. The second-order valence-electron chi connectivity index (χ2n) is 6.04. The van der Waals surface area contributed by atoms with Crippen LogP contribution in [0.25, 0.3) is 0 Å². The van der Waals surface area contributed by atoms with Crippen molar-refractivity contribution in [2.24, 2.45) is 5.92 Å². The fourth-order valence-corrected chi connectivity index (χ4v) is 3.90. The minimum absolute atomic E-state index is 0.0484. The fourth-order valence-electron chi connectivity index (χ4n) is 2.63. The van der Waals surface area contributed by atoms with Gasteiger partial charge in [0.15, 0.2) is 0 Å². The van der Waals surface area contributed by atoms with Gasteiger partial charge >= 0.3 is 0 Å². The van der Waals surface area contributed by atoms with Gasteiger partial charge in [-0.1, -0.05) is 13.8 Å². The van der Waals surface area contributed by atoms with Crippen LogP contribution >= 0.6 is 0 Å². The average molecular weight is 335 g/mol. The lowest BCUT2D eigenvalue weighted by Crippen LogP contribution is -2.50. The number of carbonyl (C=O) groups is 1. The Kier molecular flexibility index (Phi) is 5.39. The number of rotatable bonds is 4. The summed E-state index contributed by atoms with van der Waals surface area (Å²) >= 11 is 0. The summed E-state index contributed by atoms with van der Waals surface area (Å²) in [6.45, 7) is 4.75. The molecule has 7 heteroatoms. The summed E-state index contributed by atoms with van der Waals surface area (Å²) in [5, 5.41) is 8.77. The third-order valence-electron chi connectivity index (χ3n) is 3.84. The van der Waals surface area contributed by atoms with Gasteiger partial charge in [0.05, 0.1) is 16.5 Å². The zero-order chi connectivity index (χ0) is 17.0. The molecule has 1 aliphatic rings. The van der Waals surface area contributed by atoms with Crippen LogP contribution in [0.4, 0.5) is 0 Å². The molecule has 0 radical (unpaired) electrons. The Balaban J connectivity index is 2.07. The molecular weight excluding hydrogens is 314 g/mol. The van der Waals surface area contributed by atoms with Crippen molar-refractivity contribution in [2.75, 3.05) is 13.1 Å². The zero-order valence-corrected chi connectivity index (χ0v) is 14.1. The lowest BCUT2D eigenvalue weighted by Gasteiger charge is -2.34. The Morgan fingerprint density at radius 1 is 1.35 bits per heavy atom. The van der Waals surface area contributed by atoms with Crippen LogP contribution in [0.15, 0.2) is 29.2 Å². The predicted molar refractivity (Wildman–Crippen MR) is 85.9 cm³/mol. The molecule has 0 spiro atoms. The summed E-state index contributed by atoms with van der Waals surface area (Å²) in [7, 11) is -3.65. The Bertz CT molecular complexity index is 705. The highest BCUT2D eigenvalue weighted by atomic mass is 32.2. The lowest BCUT2D eigenvalue weighted by molar-refractivity contribution is -0.135. The number of hydrogen-bond acceptors (Lipinski definition) is 4. The van der Waals surface area contributed by atoms with Gasteiger partial charge < -0.3 is 4.90 Å². The van der Waals surface area contributed by atoms with Crippen molar-refractivity contribution >= 4 is 15.9 Å². The number of sulfonamides is 1. The van der Waals surface area contributed by atoms with Gasteiger partial charge in [-0.2, -0.15) is 5.26 Å². The summed E-state index contributed by atoms with van der Waals surface area (Å²) in [6.07, 6.45) is 1.48. The number of nitriles is 1. The van der Waals surface area contributed by atoms with E-state index in [2.05, 4.69) is 4.72 Å². The Morgan fingerprint density at radius 3 is 2.57 bits per heavy atom. The van der Waals surface area contributed by atoms with E-state index in [-0.39, 0.29) is 22.8 Å². The number of carbonyl (C=O) groups excluding carboxylic acids is 1. The number of benzene rings is 1. The van der Waals surface area contributed by atoms with E-state index in [4.69, 9.17) is 5.26 Å². The SMILES string of the molecule is CC(C)C(=O)N1CCC[C@@H](NS(=O)(=O)c2ccc(C#N)cc2)C1. The molecule has 1 amide bonds. The lowest BCUT2D eigenvalue weighted by atomic mass is 10.0. The minimum Gasteiger partial charge on any atom is -0.341 e. The molecule has 2 rings (SSSR count). The standard InChI is InChI=1S/C16H21N3O3S/c1-12(2)16(20)19-9-3-4-14(11-19)18-23(21,22)15-7-5-13(10-17)6-8-15/h5-8,12,14,18H,3-4,9,11H2,1-2H3/t14-/m1/s1. The number of nitrogens with zero attached hydrogens (tertiary/aromatic N) is 2. The van der Waals surface area contributed by atoms with Gasteiger partial charge in [0.2, 0.25) is 15.9 Å². The van der Waals surface area contributed by atoms with Crippen molar-refractivity contribution in [1.82, 2.24) is 9.62 Å². The van der Waals surface area contributed by atoms with Gasteiger partial charge in [-0.15, -0.1) is 0 Å². The molecule has 1 aromatic rings. The maximum Gasteiger partial charge on any atom is 0.240 e. The molecule has 0 unspecified atom stereocenters. The Labute approximate surface area is 137 Å². The number of nitrogens with one attached hydrogen (secondary N) is 1. The van der Waals surface area contributed by atoms with E-state index in [0.29, 0.717) is 25.1 Å². The maximum absolute atomic E-state index is 12.4. The summed E-state index contributed by atoms with van der Waals surface area (Å²) in [6, 6.07) is 7.46. The van der Waals surface area contributed by atoms with Gasteiger partial charge in [-0.3, -0.25) is 4.79 Å². The molecule has 1 aliphatic heterocycles. The van der Waals surface area contributed by atoms with Crippen molar-refractivity contribution in [3.63, 3.8) is 0 Å². The third kappa shape index (κ3) is 4.30. The summed E-state index contributed by atoms with van der Waals surface area (Å²) in [5.74, 6) is -0.0452. The first-order valence-corrected chi connectivity index (χ1v) is 9.13. The highest BCUT2D eigenvalue weighted by molar-refractivity contribution is 7.89. The molecule has 0 aromatic heterocycles. The molecule has 1 atom stereocenters. The molecule has 23 heavy (non-hydrogen) atoms. The number of hydrogen-bond donors (Lipinski definition) is 1. The van der Waals surface area contributed by atoms with Crippen LogP contribution in [0.5, 0.6) is 0 Å². The molecule has 1 N–H and O–H groups in total. The molecule has 1 fully saturated rings. The van der Waals surface area contributed by atoms with E-state index in [1.54, 1.807) is 4.90 Å². The van der Waals surface area contributed by atoms with Crippen LogP contribution in [0, 0.1) is 17.2 Å². The monoisotopic (exact) mass is 335 g/mol. The average Bonchev–Trinajstić information content (AvgIpc) is 2.54. The van der Waals surface area contributed by atoms with Crippen LogP contribution in [0.3, 0.4) is 0 Å². The van der Waals surface area contributed by atoms with Crippen LogP contribution < -0.4 is 4.72 Å². The van der Waals surface area contributed by atoms with Gasteiger partial charge in [0.25, 0.3) is 0 Å². The van der Waals surface area contributed by atoms with Gasteiger partial charge in [-0.05, 0) is 37.1 Å². The summed E-state index contributed by atoms with van der Waals surface area (Å²) < 4.78 is 27.5. The van der Waals surface area contributed by atoms with Crippen LogP contribution in [0.1, 0.15) is 32.3 Å². The fraction of sp³-hybridized carbons (Fsp3) is 0.500. The van der Waals surface area contributed by atoms with E-state index in [9.17, 15) is 13.2 Å².